The Kier molecular flexibility index (Phi) is 4.96. The van der Waals surface area contributed by atoms with Crippen LogP contribution in [0.5, 0.6) is 0 Å². The molecular weight excluding hydrogens is 408 g/mol. The van der Waals surface area contributed by atoms with Gasteiger partial charge >= 0.3 is 0 Å². The number of amides is 1. The Morgan fingerprint density at radius 2 is 2.00 bits per heavy atom. The van der Waals surface area contributed by atoms with Gasteiger partial charge in [-0.2, -0.15) is 0 Å². The zero-order valence-corrected chi connectivity index (χ0v) is 14.6. The molecule has 0 bridgehead atoms. The lowest BCUT2D eigenvalue weighted by Gasteiger charge is -2.25. The molecule has 0 radical (unpaired) electrons. The van der Waals surface area contributed by atoms with Crippen molar-refractivity contribution in [1.29, 1.82) is 0 Å². The Labute approximate surface area is 148 Å². The van der Waals surface area contributed by atoms with Gasteiger partial charge < -0.3 is 10.0 Å². The van der Waals surface area contributed by atoms with E-state index in [9.17, 15) is 14.3 Å². The number of hydrogen-bond acceptors (Lipinski definition) is 2. The maximum atomic E-state index is 13.5. The molecule has 0 aromatic heterocycles. The minimum Gasteiger partial charge on any atom is -0.391 e. The predicted octanol–water partition coefficient (Wildman–Crippen LogP) is 3.31. The number of carbonyl (C=O) groups excluding carboxylic acids is 1. The molecular formula is C18H17FINO2. The first-order valence-corrected chi connectivity index (χ1v) is 8.58. The molecule has 1 aliphatic heterocycles. The van der Waals surface area contributed by atoms with E-state index in [2.05, 4.69) is 22.6 Å². The van der Waals surface area contributed by atoms with E-state index in [0.29, 0.717) is 13.0 Å². The molecule has 2 atom stereocenters. The van der Waals surface area contributed by atoms with E-state index >= 15 is 0 Å². The number of benzene rings is 2. The number of nitrogens with zero attached hydrogens (tertiary/aromatic N) is 1. The van der Waals surface area contributed by atoms with E-state index in [1.807, 2.05) is 24.3 Å². The van der Waals surface area contributed by atoms with Gasteiger partial charge in [0.25, 0.3) is 0 Å². The van der Waals surface area contributed by atoms with Crippen molar-refractivity contribution in [3.8, 4) is 0 Å². The zero-order chi connectivity index (χ0) is 16.4. The van der Waals surface area contributed by atoms with Crippen LogP contribution in [0.3, 0.4) is 0 Å². The average molecular weight is 425 g/mol. The Hall–Kier alpha value is -1.47. The minimum absolute atomic E-state index is 0.0444. The van der Waals surface area contributed by atoms with Crippen molar-refractivity contribution >= 4 is 28.5 Å². The van der Waals surface area contributed by atoms with Crippen LogP contribution in [-0.4, -0.2) is 28.6 Å². The summed E-state index contributed by atoms with van der Waals surface area (Å²) in [6, 6.07) is 13.8. The topological polar surface area (TPSA) is 40.5 Å². The fraction of sp³-hybridized carbons (Fsp3) is 0.278. The number of carbonyl (C=O) groups is 1. The van der Waals surface area contributed by atoms with E-state index < -0.39 is 6.10 Å². The monoisotopic (exact) mass is 425 g/mol. The summed E-state index contributed by atoms with van der Waals surface area (Å²) in [5.41, 5.74) is 1.67. The average Bonchev–Trinajstić information content (AvgIpc) is 2.92. The summed E-state index contributed by atoms with van der Waals surface area (Å²) >= 11 is 2.22. The molecule has 2 aromatic rings. The lowest BCUT2D eigenvalue weighted by molar-refractivity contribution is -0.131. The summed E-state index contributed by atoms with van der Waals surface area (Å²) in [6.07, 6.45) is 0.168. The number of halogens is 2. The summed E-state index contributed by atoms with van der Waals surface area (Å²) in [4.78, 5) is 14.3. The van der Waals surface area contributed by atoms with Gasteiger partial charge in [0.1, 0.15) is 5.82 Å². The third-order valence-corrected chi connectivity index (χ3v) is 4.82. The van der Waals surface area contributed by atoms with Crippen LogP contribution in [-0.2, 0) is 11.2 Å². The van der Waals surface area contributed by atoms with Crippen molar-refractivity contribution in [3.05, 3.63) is 69.0 Å². The van der Waals surface area contributed by atoms with Gasteiger partial charge in [-0.15, -0.1) is 0 Å². The van der Waals surface area contributed by atoms with Crippen LogP contribution >= 0.6 is 22.6 Å². The van der Waals surface area contributed by atoms with Gasteiger partial charge in [-0.3, -0.25) is 4.79 Å². The molecule has 1 fully saturated rings. The van der Waals surface area contributed by atoms with Crippen molar-refractivity contribution in [2.24, 2.45) is 0 Å². The highest BCUT2D eigenvalue weighted by Gasteiger charge is 2.35. The second kappa shape index (κ2) is 6.97. The summed E-state index contributed by atoms with van der Waals surface area (Å²) in [5, 5.41) is 9.96. The Morgan fingerprint density at radius 1 is 1.26 bits per heavy atom. The lowest BCUT2D eigenvalue weighted by atomic mass is 10.0. The number of β-amino-alcohol motifs (C(OH)–C–C–N with tert-alkyl or cyclic N) is 1. The van der Waals surface area contributed by atoms with Crippen LogP contribution in [0.4, 0.5) is 4.39 Å². The van der Waals surface area contributed by atoms with Crippen LogP contribution in [0.25, 0.3) is 0 Å². The third-order valence-electron chi connectivity index (χ3n) is 4.10. The highest BCUT2D eigenvalue weighted by molar-refractivity contribution is 14.1. The molecule has 0 aliphatic carbocycles. The Morgan fingerprint density at radius 3 is 2.70 bits per heavy atom. The minimum atomic E-state index is -0.566. The second-order valence-electron chi connectivity index (χ2n) is 5.81. The van der Waals surface area contributed by atoms with Gasteiger partial charge in [-0.05, 0) is 64.4 Å². The molecule has 23 heavy (non-hydrogen) atoms. The van der Waals surface area contributed by atoms with Gasteiger partial charge in [0, 0.05) is 10.1 Å². The van der Waals surface area contributed by atoms with Crippen molar-refractivity contribution in [1.82, 2.24) is 4.90 Å². The first-order chi connectivity index (χ1) is 11.0. The van der Waals surface area contributed by atoms with Gasteiger partial charge in [-0.1, -0.05) is 24.3 Å². The molecule has 5 heteroatoms. The number of aliphatic hydroxyl groups is 1. The van der Waals surface area contributed by atoms with Crippen molar-refractivity contribution in [2.75, 3.05) is 6.54 Å². The maximum absolute atomic E-state index is 13.5. The molecule has 1 amide bonds. The van der Waals surface area contributed by atoms with E-state index in [1.54, 1.807) is 17.0 Å². The Balaban J connectivity index is 1.78. The molecule has 1 aliphatic rings. The van der Waals surface area contributed by atoms with Crippen LogP contribution in [0.15, 0.2) is 48.5 Å². The van der Waals surface area contributed by atoms with Crippen molar-refractivity contribution in [3.63, 3.8) is 0 Å². The highest BCUT2D eigenvalue weighted by atomic mass is 127. The molecule has 1 N–H and O–H groups in total. The SMILES string of the molecule is O=C(Cc1ccc(I)cc1)N1C[C@H](O)C[C@@H]1c1cccc(F)c1. The fourth-order valence-electron chi connectivity index (χ4n) is 3.00. The van der Waals surface area contributed by atoms with Crippen LogP contribution < -0.4 is 0 Å². The van der Waals surface area contributed by atoms with Gasteiger partial charge in [0.05, 0.1) is 18.6 Å². The molecule has 1 saturated heterocycles. The summed E-state index contributed by atoms with van der Waals surface area (Å²) in [5.74, 6) is -0.369. The smallest absolute Gasteiger partial charge is 0.227 e. The molecule has 3 nitrogen and oxygen atoms in total. The van der Waals surface area contributed by atoms with Gasteiger partial charge in [-0.25, -0.2) is 4.39 Å². The normalized spacial score (nSPS) is 20.7. The summed E-state index contributed by atoms with van der Waals surface area (Å²) in [6.45, 7) is 0.296. The van der Waals surface area contributed by atoms with Crippen LogP contribution in [0.2, 0.25) is 0 Å². The second-order valence-corrected chi connectivity index (χ2v) is 7.06. The quantitative estimate of drug-likeness (QED) is 0.767. The standard InChI is InChI=1S/C18H17FINO2/c19-14-3-1-2-13(9-14)17-10-16(22)11-21(17)18(23)8-12-4-6-15(20)7-5-12/h1-7,9,16-17,22H,8,10-11H2/t16-,17-/m1/s1. The summed E-state index contributed by atoms with van der Waals surface area (Å²) < 4.78 is 14.6. The van der Waals surface area contributed by atoms with E-state index in [-0.39, 0.29) is 24.2 Å². The number of aliphatic hydroxyl groups excluding tert-OH is 1. The van der Waals surface area contributed by atoms with Gasteiger partial charge in [0.2, 0.25) is 5.91 Å². The maximum Gasteiger partial charge on any atom is 0.227 e. The van der Waals surface area contributed by atoms with E-state index in [1.165, 1.54) is 12.1 Å². The third kappa shape index (κ3) is 3.90. The molecule has 1 heterocycles. The largest absolute Gasteiger partial charge is 0.391 e. The van der Waals surface area contributed by atoms with Gasteiger partial charge in [0.15, 0.2) is 0 Å². The van der Waals surface area contributed by atoms with Crippen LogP contribution in [0, 0.1) is 9.39 Å². The molecule has 0 saturated carbocycles. The molecule has 3 rings (SSSR count). The van der Waals surface area contributed by atoms with Crippen LogP contribution in [0.1, 0.15) is 23.6 Å². The predicted molar refractivity (Wildman–Crippen MR) is 94.3 cm³/mol. The number of hydrogen-bond donors (Lipinski definition) is 1. The fourth-order valence-corrected chi connectivity index (χ4v) is 3.36. The first-order valence-electron chi connectivity index (χ1n) is 7.50. The number of rotatable bonds is 3. The van der Waals surface area contributed by atoms with E-state index in [0.717, 1.165) is 14.7 Å². The molecule has 0 spiro atoms. The first kappa shape index (κ1) is 16.4. The molecule has 0 unspecified atom stereocenters. The van der Waals surface area contributed by atoms with Crippen molar-refractivity contribution < 1.29 is 14.3 Å². The highest BCUT2D eigenvalue weighted by Crippen LogP contribution is 2.33. The number of likely N-dealkylation sites (tertiary alicyclic amines) is 1. The van der Waals surface area contributed by atoms with E-state index in [4.69, 9.17) is 0 Å². The Bertz CT molecular complexity index is 704. The molecule has 120 valence electrons. The van der Waals surface area contributed by atoms with Crippen molar-refractivity contribution in [2.45, 2.75) is 25.0 Å². The zero-order valence-electron chi connectivity index (χ0n) is 12.5. The lowest BCUT2D eigenvalue weighted by Crippen LogP contribution is -2.33. The summed E-state index contributed by atoms with van der Waals surface area (Å²) in [7, 11) is 0. The molecule has 2 aromatic carbocycles.